The van der Waals surface area contributed by atoms with Crippen LogP contribution in [0.4, 0.5) is 0 Å². The highest BCUT2D eigenvalue weighted by atomic mass is 16.5. The largest absolute Gasteiger partial charge is 0.457 e. The van der Waals surface area contributed by atoms with Crippen molar-refractivity contribution in [2.24, 2.45) is 0 Å². The van der Waals surface area contributed by atoms with Crippen LogP contribution in [0.15, 0.2) is 79.1 Å². The van der Waals surface area contributed by atoms with Gasteiger partial charge in [0.25, 0.3) is 0 Å². The van der Waals surface area contributed by atoms with Crippen molar-refractivity contribution in [2.45, 2.75) is 25.6 Å². The molecule has 2 aromatic carbocycles. The standard InChI is InChI=1S/C25H26N4O3/c30-24(28-17-19-9-11-26-12-10-19)16-23-25(31)27-13-14-29(23)18-20-5-4-8-22(15-20)32-21-6-2-1-3-7-21/h1-12,15,23H,13-14,16-18H2,(H,27,31)(H,28,30)/t23-/m1/s1. The van der Waals surface area contributed by atoms with Crippen LogP contribution in [0, 0.1) is 0 Å². The third kappa shape index (κ3) is 5.92. The minimum atomic E-state index is -0.514. The van der Waals surface area contributed by atoms with Crippen molar-refractivity contribution in [3.63, 3.8) is 0 Å². The van der Waals surface area contributed by atoms with Crippen molar-refractivity contribution >= 4 is 11.8 Å². The van der Waals surface area contributed by atoms with Crippen molar-refractivity contribution < 1.29 is 14.3 Å². The fourth-order valence-electron chi connectivity index (χ4n) is 3.69. The van der Waals surface area contributed by atoms with Gasteiger partial charge >= 0.3 is 0 Å². The van der Waals surface area contributed by atoms with Gasteiger partial charge in [-0.2, -0.15) is 0 Å². The van der Waals surface area contributed by atoms with Gasteiger partial charge in [-0.3, -0.25) is 19.5 Å². The summed E-state index contributed by atoms with van der Waals surface area (Å²) in [5.74, 6) is 1.23. The molecule has 2 amide bonds. The predicted octanol–water partition coefficient (Wildman–Crippen LogP) is 2.88. The number of amides is 2. The van der Waals surface area contributed by atoms with Crippen LogP contribution >= 0.6 is 0 Å². The number of benzene rings is 2. The molecule has 2 heterocycles. The van der Waals surface area contributed by atoms with Crippen LogP contribution in [0.5, 0.6) is 11.5 Å². The number of nitrogens with zero attached hydrogens (tertiary/aromatic N) is 2. The number of carbonyl (C=O) groups excluding carboxylic acids is 2. The molecule has 2 N–H and O–H groups in total. The first-order valence-electron chi connectivity index (χ1n) is 10.7. The number of rotatable bonds is 8. The third-order valence-corrected chi connectivity index (χ3v) is 5.32. The Morgan fingerprint density at radius 1 is 1.03 bits per heavy atom. The molecule has 32 heavy (non-hydrogen) atoms. The molecule has 0 aliphatic carbocycles. The Bertz CT molecular complexity index is 1040. The Morgan fingerprint density at radius 3 is 2.62 bits per heavy atom. The van der Waals surface area contributed by atoms with Crippen LogP contribution in [0.25, 0.3) is 0 Å². The monoisotopic (exact) mass is 430 g/mol. The normalized spacial score (nSPS) is 16.2. The topological polar surface area (TPSA) is 83.6 Å². The van der Waals surface area contributed by atoms with Crippen LogP contribution < -0.4 is 15.4 Å². The molecule has 1 atom stereocenters. The van der Waals surface area contributed by atoms with E-state index in [1.165, 1.54) is 0 Å². The molecule has 0 radical (unpaired) electrons. The van der Waals surface area contributed by atoms with Gasteiger partial charge in [0.2, 0.25) is 11.8 Å². The molecule has 1 aromatic heterocycles. The number of carbonyl (C=O) groups is 2. The molecule has 1 aliphatic heterocycles. The summed E-state index contributed by atoms with van der Waals surface area (Å²) in [7, 11) is 0. The Labute approximate surface area is 187 Å². The smallest absolute Gasteiger partial charge is 0.237 e. The molecule has 164 valence electrons. The van der Waals surface area contributed by atoms with Crippen molar-refractivity contribution in [1.29, 1.82) is 0 Å². The first-order chi connectivity index (χ1) is 15.7. The summed E-state index contributed by atoms with van der Waals surface area (Å²) in [5, 5.41) is 5.77. The van der Waals surface area contributed by atoms with Gasteiger partial charge in [-0.1, -0.05) is 30.3 Å². The lowest BCUT2D eigenvalue weighted by atomic mass is 10.1. The van der Waals surface area contributed by atoms with Gasteiger partial charge in [-0.25, -0.2) is 0 Å². The molecule has 0 saturated carbocycles. The maximum Gasteiger partial charge on any atom is 0.237 e. The predicted molar refractivity (Wildman–Crippen MR) is 121 cm³/mol. The van der Waals surface area contributed by atoms with E-state index in [9.17, 15) is 9.59 Å². The Hall–Kier alpha value is -3.71. The summed E-state index contributed by atoms with van der Waals surface area (Å²) in [4.78, 5) is 31.1. The van der Waals surface area contributed by atoms with Gasteiger partial charge < -0.3 is 15.4 Å². The summed E-state index contributed by atoms with van der Waals surface area (Å²) in [6.45, 7) is 2.21. The lowest BCUT2D eigenvalue weighted by Crippen LogP contribution is -2.56. The minimum Gasteiger partial charge on any atom is -0.457 e. The van der Waals surface area contributed by atoms with Crippen LogP contribution in [-0.2, 0) is 22.7 Å². The molecular formula is C25H26N4O3. The molecule has 7 nitrogen and oxygen atoms in total. The fourth-order valence-corrected chi connectivity index (χ4v) is 3.69. The molecule has 1 fully saturated rings. The van der Waals surface area contributed by atoms with Gasteiger partial charge in [0, 0.05) is 38.6 Å². The van der Waals surface area contributed by atoms with E-state index in [0.717, 1.165) is 22.6 Å². The van der Waals surface area contributed by atoms with Crippen LogP contribution in [-0.4, -0.2) is 40.8 Å². The summed E-state index contributed by atoms with van der Waals surface area (Å²) < 4.78 is 5.93. The fraction of sp³-hybridized carbons (Fsp3) is 0.240. The summed E-state index contributed by atoms with van der Waals surface area (Å²) >= 11 is 0. The van der Waals surface area contributed by atoms with Crippen molar-refractivity contribution in [3.05, 3.63) is 90.3 Å². The van der Waals surface area contributed by atoms with Gasteiger partial charge in [-0.15, -0.1) is 0 Å². The van der Waals surface area contributed by atoms with E-state index in [2.05, 4.69) is 15.6 Å². The van der Waals surface area contributed by atoms with Crippen molar-refractivity contribution in [1.82, 2.24) is 20.5 Å². The van der Waals surface area contributed by atoms with Crippen molar-refractivity contribution in [2.75, 3.05) is 13.1 Å². The number of hydrogen-bond donors (Lipinski definition) is 2. The summed E-state index contributed by atoms with van der Waals surface area (Å²) in [6.07, 6.45) is 3.48. The zero-order valence-electron chi connectivity index (χ0n) is 17.7. The number of nitrogens with one attached hydrogen (secondary N) is 2. The molecule has 1 saturated heterocycles. The average Bonchev–Trinajstić information content (AvgIpc) is 2.82. The van der Waals surface area contributed by atoms with E-state index in [-0.39, 0.29) is 18.2 Å². The second kappa shape index (κ2) is 10.5. The molecule has 0 unspecified atom stereocenters. The quantitative estimate of drug-likeness (QED) is 0.574. The van der Waals surface area contributed by atoms with Crippen molar-refractivity contribution in [3.8, 4) is 11.5 Å². The maximum absolute atomic E-state index is 12.5. The zero-order valence-corrected chi connectivity index (χ0v) is 17.7. The highest BCUT2D eigenvalue weighted by molar-refractivity contribution is 5.88. The van der Waals surface area contributed by atoms with Crippen LogP contribution in [0.1, 0.15) is 17.5 Å². The molecule has 0 spiro atoms. The van der Waals surface area contributed by atoms with E-state index in [4.69, 9.17) is 4.74 Å². The van der Waals surface area contributed by atoms with Gasteiger partial charge in [0.05, 0.1) is 12.5 Å². The lowest BCUT2D eigenvalue weighted by Gasteiger charge is -2.34. The molecule has 0 bridgehead atoms. The number of aromatic nitrogens is 1. The van der Waals surface area contributed by atoms with E-state index in [0.29, 0.717) is 26.2 Å². The number of ether oxygens (including phenoxy) is 1. The molecule has 1 aliphatic rings. The highest BCUT2D eigenvalue weighted by Gasteiger charge is 2.31. The number of piperazine rings is 1. The Kier molecular flexibility index (Phi) is 7.09. The molecule has 7 heteroatoms. The molecular weight excluding hydrogens is 404 g/mol. The Morgan fingerprint density at radius 2 is 1.81 bits per heavy atom. The Balaban J connectivity index is 1.38. The number of hydrogen-bond acceptors (Lipinski definition) is 5. The van der Waals surface area contributed by atoms with Crippen LogP contribution in [0.3, 0.4) is 0 Å². The van der Waals surface area contributed by atoms with E-state index >= 15 is 0 Å². The van der Waals surface area contributed by atoms with E-state index in [1.807, 2.05) is 71.6 Å². The lowest BCUT2D eigenvalue weighted by molar-refractivity contribution is -0.134. The second-order valence-corrected chi connectivity index (χ2v) is 7.68. The first kappa shape index (κ1) is 21.5. The first-order valence-corrected chi connectivity index (χ1v) is 10.7. The van der Waals surface area contributed by atoms with E-state index in [1.54, 1.807) is 12.4 Å². The zero-order chi connectivity index (χ0) is 22.2. The highest BCUT2D eigenvalue weighted by Crippen LogP contribution is 2.23. The van der Waals surface area contributed by atoms with Crippen LogP contribution in [0.2, 0.25) is 0 Å². The van der Waals surface area contributed by atoms with E-state index < -0.39 is 6.04 Å². The molecule has 3 aromatic rings. The third-order valence-electron chi connectivity index (χ3n) is 5.32. The van der Waals surface area contributed by atoms with Gasteiger partial charge in [-0.05, 0) is 47.5 Å². The van der Waals surface area contributed by atoms with Gasteiger partial charge in [0.1, 0.15) is 11.5 Å². The maximum atomic E-state index is 12.5. The van der Waals surface area contributed by atoms with Gasteiger partial charge in [0.15, 0.2) is 0 Å². The average molecular weight is 431 g/mol. The summed E-state index contributed by atoms with van der Waals surface area (Å²) in [5.41, 5.74) is 1.99. The number of pyridine rings is 1. The summed E-state index contributed by atoms with van der Waals surface area (Å²) in [6, 6.07) is 20.6. The second-order valence-electron chi connectivity index (χ2n) is 7.68. The SMILES string of the molecule is O=C(C[C@@H]1C(=O)NCCN1Cc1cccc(Oc2ccccc2)c1)NCc1ccncc1. The minimum absolute atomic E-state index is 0.108. The molecule has 4 rings (SSSR count). The number of para-hydroxylation sites is 1.